The molecule has 1 aromatic rings. The Hall–Kier alpha value is -2.09. The maximum Gasteiger partial charge on any atom is 0.314 e. The first-order chi connectivity index (χ1) is 10.5. The highest BCUT2D eigenvalue weighted by molar-refractivity contribution is 9.10. The van der Waals surface area contributed by atoms with Crippen LogP contribution >= 0.6 is 15.9 Å². The lowest BCUT2D eigenvalue weighted by atomic mass is 10.2. The highest BCUT2D eigenvalue weighted by Gasteiger charge is 2.05. The molecule has 3 amide bonds. The third-order valence-corrected chi connectivity index (χ3v) is 3.13. The quantitative estimate of drug-likeness (QED) is 0.517. The Kier molecular flexibility index (Phi) is 7.98. The molecule has 0 bridgehead atoms. The molecule has 0 radical (unpaired) electrons. The van der Waals surface area contributed by atoms with E-state index in [4.69, 9.17) is 5.11 Å². The van der Waals surface area contributed by atoms with Gasteiger partial charge in [-0.3, -0.25) is 9.59 Å². The third kappa shape index (κ3) is 7.63. The molecule has 22 heavy (non-hydrogen) atoms. The summed E-state index contributed by atoms with van der Waals surface area (Å²) in [6.07, 6.45) is 0.461. The summed E-state index contributed by atoms with van der Waals surface area (Å²) in [5, 5.41) is 16.2. The molecule has 0 heterocycles. The molecule has 0 spiro atoms. The summed E-state index contributed by atoms with van der Waals surface area (Å²) in [5.74, 6) is -1.14. The van der Waals surface area contributed by atoms with E-state index in [0.29, 0.717) is 25.1 Å². The molecule has 4 N–H and O–H groups in total. The maximum atomic E-state index is 11.8. The zero-order valence-electron chi connectivity index (χ0n) is 11.9. The van der Waals surface area contributed by atoms with Crippen molar-refractivity contribution in [2.45, 2.75) is 12.8 Å². The van der Waals surface area contributed by atoms with Crippen LogP contribution in [0.4, 0.5) is 4.79 Å². The lowest BCUT2D eigenvalue weighted by Crippen LogP contribution is -2.38. The van der Waals surface area contributed by atoms with Crippen molar-refractivity contribution in [3.63, 3.8) is 0 Å². The van der Waals surface area contributed by atoms with Crippen molar-refractivity contribution in [2.75, 3.05) is 19.6 Å². The molecule has 0 saturated carbocycles. The minimum atomic E-state index is -0.962. The predicted octanol–water partition coefficient (Wildman–Crippen LogP) is 1.34. The maximum absolute atomic E-state index is 11.8. The van der Waals surface area contributed by atoms with Crippen LogP contribution in [0.3, 0.4) is 0 Å². The average molecular weight is 372 g/mol. The Morgan fingerprint density at radius 3 is 2.41 bits per heavy atom. The number of carbonyl (C=O) groups excluding carboxylic acids is 2. The van der Waals surface area contributed by atoms with Gasteiger partial charge >= 0.3 is 12.0 Å². The summed E-state index contributed by atoms with van der Waals surface area (Å²) in [6, 6.07) is 6.64. The largest absolute Gasteiger partial charge is 0.481 e. The standard InChI is InChI=1S/C14H18BrN3O4/c15-11-4-1-3-10(9-11)13(21)16-6-2-7-17-14(22)18-8-5-12(19)20/h1,3-4,9H,2,5-8H2,(H,16,21)(H,19,20)(H2,17,18,22). The van der Waals surface area contributed by atoms with E-state index in [0.717, 1.165) is 4.47 Å². The smallest absolute Gasteiger partial charge is 0.314 e. The zero-order valence-corrected chi connectivity index (χ0v) is 13.5. The van der Waals surface area contributed by atoms with E-state index in [1.54, 1.807) is 18.2 Å². The zero-order chi connectivity index (χ0) is 16.4. The highest BCUT2D eigenvalue weighted by atomic mass is 79.9. The number of rotatable bonds is 8. The number of carboxylic acid groups (broad SMARTS) is 1. The van der Waals surface area contributed by atoms with Crippen LogP contribution in [0.25, 0.3) is 0 Å². The van der Waals surface area contributed by atoms with E-state index in [1.165, 1.54) is 0 Å². The van der Waals surface area contributed by atoms with Crippen LogP contribution in [0.5, 0.6) is 0 Å². The van der Waals surface area contributed by atoms with Gasteiger partial charge in [-0.1, -0.05) is 22.0 Å². The van der Waals surface area contributed by atoms with Gasteiger partial charge in [-0.25, -0.2) is 4.79 Å². The molecule has 0 aliphatic carbocycles. The van der Waals surface area contributed by atoms with Crippen LogP contribution in [0.2, 0.25) is 0 Å². The van der Waals surface area contributed by atoms with Gasteiger partial charge in [-0.2, -0.15) is 0 Å². The molecule has 0 aromatic heterocycles. The summed E-state index contributed by atoms with van der Waals surface area (Å²) >= 11 is 3.30. The Balaban J connectivity index is 2.11. The third-order valence-electron chi connectivity index (χ3n) is 2.64. The Labute approximate surface area is 136 Å². The van der Waals surface area contributed by atoms with Gasteiger partial charge < -0.3 is 21.1 Å². The van der Waals surface area contributed by atoms with Crippen molar-refractivity contribution in [3.8, 4) is 0 Å². The first-order valence-corrected chi connectivity index (χ1v) is 7.55. The fourth-order valence-electron chi connectivity index (χ4n) is 1.57. The van der Waals surface area contributed by atoms with Crippen LogP contribution in [0.15, 0.2) is 28.7 Å². The second-order valence-corrected chi connectivity index (χ2v) is 5.36. The Morgan fingerprint density at radius 2 is 1.73 bits per heavy atom. The van der Waals surface area contributed by atoms with Gasteiger partial charge in [-0.05, 0) is 24.6 Å². The molecule has 0 atom stereocenters. The number of carboxylic acids is 1. The van der Waals surface area contributed by atoms with E-state index in [2.05, 4.69) is 31.9 Å². The summed E-state index contributed by atoms with van der Waals surface area (Å²) in [5.41, 5.74) is 0.564. The molecule has 0 unspecified atom stereocenters. The van der Waals surface area contributed by atoms with Gasteiger partial charge in [0.15, 0.2) is 0 Å². The fraction of sp³-hybridized carbons (Fsp3) is 0.357. The molecule has 1 rings (SSSR count). The van der Waals surface area contributed by atoms with Gasteiger partial charge in [-0.15, -0.1) is 0 Å². The van der Waals surface area contributed by atoms with Crippen molar-refractivity contribution in [1.29, 1.82) is 0 Å². The Bertz CT molecular complexity index is 537. The number of hydrogen-bond acceptors (Lipinski definition) is 3. The first kappa shape index (κ1) is 18.0. The second kappa shape index (κ2) is 9.78. The molecule has 0 saturated heterocycles. The van der Waals surface area contributed by atoms with Crippen LogP contribution in [0.1, 0.15) is 23.2 Å². The number of amides is 3. The second-order valence-electron chi connectivity index (χ2n) is 4.45. The van der Waals surface area contributed by atoms with Crippen LogP contribution in [-0.2, 0) is 4.79 Å². The average Bonchev–Trinajstić information content (AvgIpc) is 2.46. The molecule has 0 aliphatic heterocycles. The molecule has 8 heteroatoms. The first-order valence-electron chi connectivity index (χ1n) is 6.76. The summed E-state index contributed by atoms with van der Waals surface area (Å²) in [7, 11) is 0. The van der Waals surface area contributed by atoms with E-state index >= 15 is 0 Å². The van der Waals surface area contributed by atoms with E-state index in [9.17, 15) is 14.4 Å². The predicted molar refractivity (Wildman–Crippen MR) is 84.7 cm³/mol. The van der Waals surface area contributed by atoms with Crippen molar-refractivity contribution in [3.05, 3.63) is 34.3 Å². The summed E-state index contributed by atoms with van der Waals surface area (Å²) < 4.78 is 0.833. The summed E-state index contributed by atoms with van der Waals surface area (Å²) in [4.78, 5) is 33.4. The number of urea groups is 1. The molecule has 1 aromatic carbocycles. The van der Waals surface area contributed by atoms with Crippen molar-refractivity contribution < 1.29 is 19.5 Å². The minimum absolute atomic E-state index is 0.0841. The van der Waals surface area contributed by atoms with Gasteiger partial charge in [0.05, 0.1) is 6.42 Å². The Morgan fingerprint density at radius 1 is 1.05 bits per heavy atom. The van der Waals surface area contributed by atoms with E-state index in [1.807, 2.05) is 6.07 Å². The lowest BCUT2D eigenvalue weighted by molar-refractivity contribution is -0.136. The molecule has 0 fully saturated rings. The normalized spacial score (nSPS) is 9.86. The summed E-state index contributed by atoms with van der Waals surface area (Å²) in [6.45, 7) is 0.902. The fourth-order valence-corrected chi connectivity index (χ4v) is 1.97. The van der Waals surface area contributed by atoms with Crippen molar-refractivity contribution >= 4 is 33.8 Å². The van der Waals surface area contributed by atoms with Crippen LogP contribution in [0, 0.1) is 0 Å². The van der Waals surface area contributed by atoms with E-state index in [-0.39, 0.29) is 18.9 Å². The SMILES string of the molecule is O=C(O)CCNC(=O)NCCCNC(=O)c1cccc(Br)c1. The highest BCUT2D eigenvalue weighted by Crippen LogP contribution is 2.11. The molecular formula is C14H18BrN3O4. The van der Waals surface area contributed by atoms with Gasteiger partial charge in [0.2, 0.25) is 0 Å². The number of nitrogens with one attached hydrogen (secondary N) is 3. The van der Waals surface area contributed by atoms with Crippen LogP contribution in [-0.4, -0.2) is 42.6 Å². The van der Waals surface area contributed by atoms with Gasteiger partial charge in [0, 0.05) is 29.7 Å². The van der Waals surface area contributed by atoms with Crippen molar-refractivity contribution in [2.24, 2.45) is 0 Å². The van der Waals surface area contributed by atoms with Crippen LogP contribution < -0.4 is 16.0 Å². The lowest BCUT2D eigenvalue weighted by Gasteiger charge is -2.08. The van der Waals surface area contributed by atoms with Gasteiger partial charge in [0.25, 0.3) is 5.91 Å². The number of halogens is 1. The number of carbonyl (C=O) groups is 3. The molecular weight excluding hydrogens is 354 g/mol. The molecule has 0 aliphatic rings. The number of benzene rings is 1. The van der Waals surface area contributed by atoms with E-state index < -0.39 is 12.0 Å². The minimum Gasteiger partial charge on any atom is -0.481 e. The molecule has 7 nitrogen and oxygen atoms in total. The van der Waals surface area contributed by atoms with Crippen molar-refractivity contribution in [1.82, 2.24) is 16.0 Å². The van der Waals surface area contributed by atoms with Gasteiger partial charge in [0.1, 0.15) is 0 Å². The topological polar surface area (TPSA) is 108 Å². The number of aliphatic carboxylic acids is 1. The number of hydrogen-bond donors (Lipinski definition) is 4. The monoisotopic (exact) mass is 371 g/mol. The molecule has 120 valence electrons.